The van der Waals surface area contributed by atoms with E-state index in [1.165, 1.54) is 0 Å². The monoisotopic (exact) mass is 319 g/mol. The molecule has 0 aromatic heterocycles. The number of benzene rings is 1. The van der Waals surface area contributed by atoms with Crippen molar-refractivity contribution in [3.8, 4) is 0 Å². The molecular weight excluding hydrogens is 298 g/mol. The van der Waals surface area contributed by atoms with Crippen LogP contribution in [-0.2, 0) is 19.1 Å². The lowest BCUT2D eigenvalue weighted by Gasteiger charge is -2.37. The molecule has 0 radical (unpaired) electrons. The average Bonchev–Trinajstić information content (AvgIpc) is 2.62. The van der Waals surface area contributed by atoms with Crippen LogP contribution in [0, 0.1) is 5.92 Å². The SMILES string of the molecule is O=C(O)[C@@H]1CN(C(=O)[C@@H]2CCCO[C@H]2c2ccccc2)CCO1. The van der Waals surface area contributed by atoms with Gasteiger partial charge in [-0.25, -0.2) is 4.79 Å². The molecule has 2 fully saturated rings. The number of rotatable bonds is 3. The van der Waals surface area contributed by atoms with Crippen molar-refractivity contribution in [3.63, 3.8) is 0 Å². The third-order valence-electron chi connectivity index (χ3n) is 4.42. The molecule has 6 heteroatoms. The smallest absolute Gasteiger partial charge is 0.334 e. The van der Waals surface area contributed by atoms with Crippen LogP contribution < -0.4 is 0 Å². The maximum Gasteiger partial charge on any atom is 0.334 e. The first-order valence-electron chi connectivity index (χ1n) is 7.96. The third-order valence-corrected chi connectivity index (χ3v) is 4.42. The van der Waals surface area contributed by atoms with E-state index in [0.717, 1.165) is 18.4 Å². The molecule has 124 valence electrons. The Morgan fingerprint density at radius 2 is 1.91 bits per heavy atom. The van der Waals surface area contributed by atoms with Crippen molar-refractivity contribution < 1.29 is 24.2 Å². The molecular formula is C17H21NO5. The van der Waals surface area contributed by atoms with E-state index >= 15 is 0 Å². The van der Waals surface area contributed by atoms with Crippen LogP contribution in [0.5, 0.6) is 0 Å². The second-order valence-electron chi connectivity index (χ2n) is 5.93. The fourth-order valence-corrected chi connectivity index (χ4v) is 3.24. The molecule has 0 saturated carbocycles. The highest BCUT2D eigenvalue weighted by Crippen LogP contribution is 2.35. The standard InChI is InChI=1S/C17H21NO5/c19-16(18-8-10-22-14(11-18)17(20)21)13-7-4-9-23-15(13)12-5-2-1-3-6-12/h1-3,5-6,13-15H,4,7-11H2,(H,20,21)/t13-,14+,15+/m1/s1. The van der Waals surface area contributed by atoms with Crippen molar-refractivity contribution in [2.45, 2.75) is 25.0 Å². The van der Waals surface area contributed by atoms with Gasteiger partial charge in [0.1, 0.15) is 0 Å². The summed E-state index contributed by atoms with van der Waals surface area (Å²) >= 11 is 0. The molecule has 0 spiro atoms. The summed E-state index contributed by atoms with van der Waals surface area (Å²) in [7, 11) is 0. The van der Waals surface area contributed by atoms with E-state index in [1.54, 1.807) is 4.90 Å². The third kappa shape index (κ3) is 3.54. The number of carbonyl (C=O) groups excluding carboxylic acids is 1. The summed E-state index contributed by atoms with van der Waals surface area (Å²) in [6.07, 6.45) is 0.399. The second kappa shape index (κ2) is 7.10. The Bertz CT molecular complexity index is 561. The summed E-state index contributed by atoms with van der Waals surface area (Å²) in [6, 6.07) is 9.74. The van der Waals surface area contributed by atoms with Crippen LogP contribution in [-0.4, -0.2) is 54.3 Å². The van der Waals surface area contributed by atoms with Crippen LogP contribution in [0.3, 0.4) is 0 Å². The largest absolute Gasteiger partial charge is 0.479 e. The first kappa shape index (κ1) is 16.0. The topological polar surface area (TPSA) is 76.1 Å². The van der Waals surface area contributed by atoms with Gasteiger partial charge in [0.15, 0.2) is 6.10 Å². The highest BCUT2D eigenvalue weighted by atomic mass is 16.5. The number of morpholine rings is 1. The van der Waals surface area contributed by atoms with Crippen molar-refractivity contribution in [2.75, 3.05) is 26.3 Å². The van der Waals surface area contributed by atoms with Gasteiger partial charge < -0.3 is 19.5 Å². The zero-order chi connectivity index (χ0) is 16.2. The molecule has 2 saturated heterocycles. The molecule has 2 aliphatic heterocycles. The van der Waals surface area contributed by atoms with Gasteiger partial charge >= 0.3 is 5.97 Å². The molecule has 1 amide bonds. The van der Waals surface area contributed by atoms with Gasteiger partial charge in [0.2, 0.25) is 5.91 Å². The second-order valence-corrected chi connectivity index (χ2v) is 5.93. The number of ether oxygens (including phenoxy) is 2. The number of carboxylic acids is 1. The van der Waals surface area contributed by atoms with Crippen LogP contribution in [0.25, 0.3) is 0 Å². The molecule has 1 aromatic rings. The number of carbonyl (C=O) groups is 2. The van der Waals surface area contributed by atoms with Crippen LogP contribution >= 0.6 is 0 Å². The first-order valence-corrected chi connectivity index (χ1v) is 7.96. The molecule has 3 rings (SSSR count). The first-order chi connectivity index (χ1) is 11.2. The zero-order valence-electron chi connectivity index (χ0n) is 12.9. The van der Waals surface area contributed by atoms with E-state index in [-0.39, 0.29) is 31.1 Å². The predicted octanol–water partition coefficient (Wildman–Crippen LogP) is 1.47. The van der Waals surface area contributed by atoms with Crippen LogP contribution in [0.1, 0.15) is 24.5 Å². The minimum atomic E-state index is -1.03. The Hall–Kier alpha value is -1.92. The molecule has 23 heavy (non-hydrogen) atoms. The lowest BCUT2D eigenvalue weighted by Crippen LogP contribution is -2.51. The maximum absolute atomic E-state index is 12.9. The molecule has 0 bridgehead atoms. The van der Waals surface area contributed by atoms with Gasteiger partial charge in [-0.2, -0.15) is 0 Å². The number of nitrogens with zero attached hydrogens (tertiary/aromatic N) is 1. The average molecular weight is 319 g/mol. The van der Waals surface area contributed by atoms with E-state index in [1.807, 2.05) is 30.3 Å². The van der Waals surface area contributed by atoms with Gasteiger partial charge in [-0.1, -0.05) is 30.3 Å². The fourth-order valence-electron chi connectivity index (χ4n) is 3.24. The lowest BCUT2D eigenvalue weighted by molar-refractivity contribution is -0.163. The van der Waals surface area contributed by atoms with E-state index in [9.17, 15) is 9.59 Å². The minimum Gasteiger partial charge on any atom is -0.479 e. The maximum atomic E-state index is 12.9. The molecule has 1 N–H and O–H groups in total. The quantitative estimate of drug-likeness (QED) is 0.913. The number of carboxylic acid groups (broad SMARTS) is 1. The Kier molecular flexibility index (Phi) is 4.93. The Balaban J connectivity index is 1.75. The summed E-state index contributed by atoms with van der Waals surface area (Å²) in [5, 5.41) is 9.09. The number of hydrogen-bond acceptors (Lipinski definition) is 4. The highest BCUT2D eigenvalue weighted by molar-refractivity contribution is 5.81. The molecule has 2 heterocycles. The van der Waals surface area contributed by atoms with E-state index in [4.69, 9.17) is 14.6 Å². The van der Waals surface area contributed by atoms with Crippen LogP contribution in [0.2, 0.25) is 0 Å². The molecule has 0 aliphatic carbocycles. The summed E-state index contributed by atoms with van der Waals surface area (Å²) in [5.41, 5.74) is 0.994. The van der Waals surface area contributed by atoms with E-state index in [0.29, 0.717) is 13.2 Å². The molecule has 0 unspecified atom stereocenters. The normalized spacial score (nSPS) is 28.3. The molecule has 1 aromatic carbocycles. The number of aliphatic carboxylic acids is 1. The summed E-state index contributed by atoms with van der Waals surface area (Å²) in [5.74, 6) is -1.33. The summed E-state index contributed by atoms with van der Waals surface area (Å²) < 4.78 is 11.1. The van der Waals surface area contributed by atoms with Crippen molar-refractivity contribution in [3.05, 3.63) is 35.9 Å². The van der Waals surface area contributed by atoms with Gasteiger partial charge in [-0.15, -0.1) is 0 Å². The van der Waals surface area contributed by atoms with Crippen molar-refractivity contribution in [2.24, 2.45) is 5.92 Å². The molecule has 6 nitrogen and oxygen atoms in total. The Morgan fingerprint density at radius 1 is 1.13 bits per heavy atom. The Morgan fingerprint density at radius 3 is 2.65 bits per heavy atom. The predicted molar refractivity (Wildman–Crippen MR) is 81.8 cm³/mol. The van der Waals surface area contributed by atoms with Gasteiger partial charge in [0.05, 0.1) is 25.2 Å². The minimum absolute atomic E-state index is 0.0342. The van der Waals surface area contributed by atoms with Gasteiger partial charge in [0.25, 0.3) is 0 Å². The van der Waals surface area contributed by atoms with Crippen molar-refractivity contribution in [1.82, 2.24) is 4.90 Å². The fraction of sp³-hybridized carbons (Fsp3) is 0.529. The van der Waals surface area contributed by atoms with Gasteiger partial charge in [0, 0.05) is 13.2 Å². The number of hydrogen-bond donors (Lipinski definition) is 1. The molecule has 2 aliphatic rings. The van der Waals surface area contributed by atoms with E-state index in [2.05, 4.69) is 0 Å². The Labute approximate surface area is 135 Å². The van der Waals surface area contributed by atoms with Crippen molar-refractivity contribution in [1.29, 1.82) is 0 Å². The summed E-state index contributed by atoms with van der Waals surface area (Å²) in [6.45, 7) is 1.43. The summed E-state index contributed by atoms with van der Waals surface area (Å²) in [4.78, 5) is 25.6. The molecule has 3 atom stereocenters. The van der Waals surface area contributed by atoms with Gasteiger partial charge in [-0.3, -0.25) is 4.79 Å². The van der Waals surface area contributed by atoms with Crippen LogP contribution in [0.15, 0.2) is 30.3 Å². The lowest BCUT2D eigenvalue weighted by atomic mass is 9.88. The van der Waals surface area contributed by atoms with Crippen LogP contribution in [0.4, 0.5) is 0 Å². The highest BCUT2D eigenvalue weighted by Gasteiger charge is 2.38. The van der Waals surface area contributed by atoms with Gasteiger partial charge in [-0.05, 0) is 18.4 Å². The zero-order valence-corrected chi connectivity index (χ0v) is 12.9. The van der Waals surface area contributed by atoms with Crippen molar-refractivity contribution >= 4 is 11.9 Å². The number of amides is 1. The van der Waals surface area contributed by atoms with E-state index < -0.39 is 12.1 Å².